The SMILES string of the molecule is O=C(Nc1ccc(C(F)(F)F)cc1)c1cnc2c(c(Cl)cn2Cc2ccccn2)c1Cl. The number of hydrogen-bond donors (Lipinski definition) is 1. The second kappa shape index (κ2) is 8.20. The van der Waals surface area contributed by atoms with Gasteiger partial charge in [0.1, 0.15) is 5.65 Å². The molecule has 1 N–H and O–H groups in total. The van der Waals surface area contributed by atoms with Gasteiger partial charge in [0, 0.05) is 24.3 Å². The van der Waals surface area contributed by atoms with Crippen LogP contribution >= 0.6 is 23.2 Å². The highest BCUT2D eigenvalue weighted by molar-refractivity contribution is 6.44. The molecule has 0 spiro atoms. The molecule has 0 unspecified atom stereocenters. The minimum atomic E-state index is -4.46. The van der Waals surface area contributed by atoms with Crippen molar-refractivity contribution in [3.63, 3.8) is 0 Å². The van der Waals surface area contributed by atoms with Crippen LogP contribution < -0.4 is 5.32 Å². The van der Waals surface area contributed by atoms with Gasteiger partial charge in [-0.1, -0.05) is 29.3 Å². The Labute approximate surface area is 184 Å². The summed E-state index contributed by atoms with van der Waals surface area (Å²) in [5.74, 6) is -0.618. The molecule has 0 bridgehead atoms. The molecule has 31 heavy (non-hydrogen) atoms. The fraction of sp³-hybridized carbons (Fsp3) is 0.0952. The van der Waals surface area contributed by atoms with E-state index in [1.165, 1.54) is 6.20 Å². The maximum absolute atomic E-state index is 12.7. The van der Waals surface area contributed by atoms with E-state index in [2.05, 4.69) is 15.3 Å². The largest absolute Gasteiger partial charge is 0.416 e. The van der Waals surface area contributed by atoms with Crippen LogP contribution in [0.25, 0.3) is 11.0 Å². The number of nitrogens with one attached hydrogen (secondary N) is 1. The summed E-state index contributed by atoms with van der Waals surface area (Å²) in [6.07, 6.45) is 0.166. The van der Waals surface area contributed by atoms with E-state index in [1.54, 1.807) is 23.0 Å². The predicted molar refractivity (Wildman–Crippen MR) is 112 cm³/mol. The number of amides is 1. The van der Waals surface area contributed by atoms with Crippen LogP contribution in [-0.2, 0) is 12.7 Å². The average molecular weight is 465 g/mol. The molecule has 1 aromatic carbocycles. The van der Waals surface area contributed by atoms with Crippen molar-refractivity contribution < 1.29 is 18.0 Å². The Morgan fingerprint density at radius 2 is 1.81 bits per heavy atom. The normalized spacial score (nSPS) is 11.6. The van der Waals surface area contributed by atoms with E-state index in [9.17, 15) is 18.0 Å². The molecule has 0 aliphatic carbocycles. The van der Waals surface area contributed by atoms with Crippen molar-refractivity contribution in [2.24, 2.45) is 0 Å². The van der Waals surface area contributed by atoms with Crippen LogP contribution in [0.4, 0.5) is 18.9 Å². The number of rotatable bonds is 4. The summed E-state index contributed by atoms with van der Waals surface area (Å²) in [6, 6.07) is 9.61. The standard InChI is InChI=1S/C21H13Cl2F3N4O/c22-16-11-30(10-14-3-1-2-8-27-14)19-17(16)18(23)15(9-28-19)20(31)29-13-6-4-12(5-7-13)21(24,25)26/h1-9,11H,10H2,(H,29,31). The van der Waals surface area contributed by atoms with Crippen LogP contribution in [0.5, 0.6) is 0 Å². The number of carbonyl (C=O) groups is 1. The highest BCUT2D eigenvalue weighted by Gasteiger charge is 2.30. The zero-order chi connectivity index (χ0) is 22.2. The lowest BCUT2D eigenvalue weighted by molar-refractivity contribution is -0.137. The molecule has 158 valence electrons. The first-order valence-corrected chi connectivity index (χ1v) is 9.71. The number of anilines is 1. The molecule has 3 heterocycles. The number of benzene rings is 1. The van der Waals surface area contributed by atoms with Crippen LogP contribution in [-0.4, -0.2) is 20.4 Å². The van der Waals surface area contributed by atoms with Crippen LogP contribution in [0.3, 0.4) is 0 Å². The number of carbonyl (C=O) groups excluding carboxylic acids is 1. The summed E-state index contributed by atoms with van der Waals surface area (Å²) in [5, 5.41) is 3.33. The van der Waals surface area contributed by atoms with Crippen molar-refractivity contribution >= 4 is 45.8 Å². The average Bonchev–Trinajstić information content (AvgIpc) is 3.04. The Kier molecular flexibility index (Phi) is 5.60. The molecule has 5 nitrogen and oxygen atoms in total. The maximum Gasteiger partial charge on any atom is 0.416 e. The minimum absolute atomic E-state index is 0.0477. The summed E-state index contributed by atoms with van der Waals surface area (Å²) in [7, 11) is 0. The van der Waals surface area contributed by atoms with Gasteiger partial charge in [-0.25, -0.2) is 4.98 Å². The number of alkyl halides is 3. The van der Waals surface area contributed by atoms with Gasteiger partial charge in [0.05, 0.1) is 38.8 Å². The van der Waals surface area contributed by atoms with Gasteiger partial charge in [0.2, 0.25) is 0 Å². The molecule has 0 aliphatic rings. The zero-order valence-electron chi connectivity index (χ0n) is 15.6. The van der Waals surface area contributed by atoms with Crippen molar-refractivity contribution in [1.82, 2.24) is 14.5 Å². The first kappa shape index (κ1) is 21.1. The summed E-state index contributed by atoms with van der Waals surface area (Å²) in [6.45, 7) is 0.407. The maximum atomic E-state index is 12.7. The molecule has 0 saturated carbocycles. The van der Waals surface area contributed by atoms with Gasteiger partial charge in [-0.05, 0) is 36.4 Å². The van der Waals surface area contributed by atoms with Crippen molar-refractivity contribution in [1.29, 1.82) is 0 Å². The highest BCUT2D eigenvalue weighted by Crippen LogP contribution is 2.34. The number of hydrogen-bond acceptors (Lipinski definition) is 3. The minimum Gasteiger partial charge on any atom is -0.325 e. The molecule has 3 aromatic heterocycles. The topological polar surface area (TPSA) is 59.8 Å². The molecule has 0 saturated heterocycles. The molecular weight excluding hydrogens is 452 g/mol. The van der Waals surface area contributed by atoms with E-state index in [0.29, 0.717) is 22.6 Å². The van der Waals surface area contributed by atoms with Crippen molar-refractivity contribution in [3.05, 3.63) is 87.9 Å². The Morgan fingerprint density at radius 1 is 1.06 bits per heavy atom. The smallest absolute Gasteiger partial charge is 0.325 e. The number of halogens is 5. The number of nitrogens with zero attached hydrogens (tertiary/aromatic N) is 3. The van der Waals surface area contributed by atoms with E-state index >= 15 is 0 Å². The number of pyridine rings is 2. The summed E-state index contributed by atoms with van der Waals surface area (Å²) in [5.41, 5.74) is 0.692. The lowest BCUT2D eigenvalue weighted by atomic mass is 10.2. The third-order valence-corrected chi connectivity index (χ3v) is 5.23. The first-order chi connectivity index (χ1) is 14.7. The molecule has 0 fully saturated rings. The highest BCUT2D eigenvalue weighted by atomic mass is 35.5. The quantitative estimate of drug-likeness (QED) is 0.399. The zero-order valence-corrected chi connectivity index (χ0v) is 17.1. The van der Waals surface area contributed by atoms with Crippen molar-refractivity contribution in [2.45, 2.75) is 12.7 Å². The fourth-order valence-corrected chi connectivity index (χ4v) is 3.72. The molecule has 0 atom stereocenters. The van der Waals surface area contributed by atoms with E-state index in [-0.39, 0.29) is 16.3 Å². The molecule has 0 radical (unpaired) electrons. The molecule has 0 aliphatic heterocycles. The van der Waals surface area contributed by atoms with Crippen molar-refractivity contribution in [3.8, 4) is 0 Å². The van der Waals surface area contributed by atoms with Crippen LogP contribution in [0.1, 0.15) is 21.6 Å². The van der Waals surface area contributed by atoms with Gasteiger partial charge < -0.3 is 9.88 Å². The molecule has 10 heteroatoms. The van der Waals surface area contributed by atoms with Gasteiger partial charge in [0.25, 0.3) is 5.91 Å². The van der Waals surface area contributed by atoms with Crippen LogP contribution in [0.15, 0.2) is 61.1 Å². The van der Waals surface area contributed by atoms with Gasteiger partial charge in [-0.2, -0.15) is 13.2 Å². The third kappa shape index (κ3) is 4.35. The Morgan fingerprint density at radius 3 is 2.45 bits per heavy atom. The van der Waals surface area contributed by atoms with Gasteiger partial charge in [-0.15, -0.1) is 0 Å². The Hall–Kier alpha value is -3.10. The van der Waals surface area contributed by atoms with Crippen LogP contribution in [0, 0.1) is 0 Å². The number of aromatic nitrogens is 3. The summed E-state index contributed by atoms with van der Waals surface area (Å²) < 4.78 is 39.9. The van der Waals surface area contributed by atoms with Gasteiger partial charge in [-0.3, -0.25) is 9.78 Å². The van der Waals surface area contributed by atoms with Gasteiger partial charge in [0.15, 0.2) is 0 Å². The first-order valence-electron chi connectivity index (χ1n) is 8.95. The summed E-state index contributed by atoms with van der Waals surface area (Å²) >= 11 is 12.8. The molecule has 4 aromatic rings. The summed E-state index contributed by atoms with van der Waals surface area (Å²) in [4.78, 5) is 21.2. The Balaban J connectivity index is 1.62. The second-order valence-corrected chi connectivity index (χ2v) is 7.42. The van der Waals surface area contributed by atoms with Crippen molar-refractivity contribution in [2.75, 3.05) is 5.32 Å². The molecule has 4 rings (SSSR count). The molecular formula is C21H13Cl2F3N4O. The molecule has 1 amide bonds. The number of fused-ring (bicyclic) bond motifs is 1. The van der Waals surface area contributed by atoms with Gasteiger partial charge >= 0.3 is 6.18 Å². The van der Waals surface area contributed by atoms with E-state index in [4.69, 9.17) is 23.2 Å². The Bertz CT molecular complexity index is 1260. The van der Waals surface area contributed by atoms with E-state index in [1.807, 2.05) is 12.1 Å². The lowest BCUT2D eigenvalue weighted by Crippen LogP contribution is -2.13. The van der Waals surface area contributed by atoms with Crippen LogP contribution in [0.2, 0.25) is 10.0 Å². The fourth-order valence-electron chi connectivity index (χ4n) is 3.06. The lowest BCUT2D eigenvalue weighted by Gasteiger charge is -2.10. The van der Waals surface area contributed by atoms with E-state index in [0.717, 1.165) is 30.0 Å². The second-order valence-electron chi connectivity index (χ2n) is 6.64. The monoisotopic (exact) mass is 464 g/mol. The van der Waals surface area contributed by atoms with E-state index < -0.39 is 17.6 Å². The predicted octanol–water partition coefficient (Wildman–Crippen LogP) is 6.06. The third-order valence-electron chi connectivity index (χ3n) is 4.55.